The molecule has 3 rings (SSSR count). The van der Waals surface area contributed by atoms with Gasteiger partial charge in [-0.15, -0.1) is 0 Å². The monoisotopic (exact) mass is 346 g/mol. The van der Waals surface area contributed by atoms with Gasteiger partial charge in [0, 0.05) is 16.6 Å². The fourth-order valence-electron chi connectivity index (χ4n) is 2.45. The first-order valence-corrected chi connectivity index (χ1v) is 7.45. The quantitative estimate of drug-likeness (QED) is 0.894. The SMILES string of the molecule is COc1ccc(Br)cc1NC(=O)[C@@H]1Cc2ccccc2N1. The highest BCUT2D eigenvalue weighted by Crippen LogP contribution is 2.30. The summed E-state index contributed by atoms with van der Waals surface area (Å²) in [6.07, 6.45) is 0.693. The first-order valence-electron chi connectivity index (χ1n) is 6.66. The summed E-state index contributed by atoms with van der Waals surface area (Å²) >= 11 is 3.40. The number of anilines is 2. The Morgan fingerprint density at radius 1 is 1.33 bits per heavy atom. The van der Waals surface area contributed by atoms with Crippen LogP contribution in [0.3, 0.4) is 0 Å². The Morgan fingerprint density at radius 3 is 2.90 bits per heavy atom. The van der Waals surface area contributed by atoms with Crippen molar-refractivity contribution < 1.29 is 9.53 Å². The van der Waals surface area contributed by atoms with Gasteiger partial charge in [-0.1, -0.05) is 34.1 Å². The van der Waals surface area contributed by atoms with Crippen LogP contribution in [-0.4, -0.2) is 19.1 Å². The third-order valence-corrected chi connectivity index (χ3v) is 4.00. The van der Waals surface area contributed by atoms with Crippen LogP contribution in [0.25, 0.3) is 0 Å². The first-order chi connectivity index (χ1) is 10.2. The van der Waals surface area contributed by atoms with E-state index in [4.69, 9.17) is 4.74 Å². The molecule has 1 aliphatic rings. The van der Waals surface area contributed by atoms with Gasteiger partial charge in [-0.2, -0.15) is 0 Å². The molecule has 21 heavy (non-hydrogen) atoms. The number of hydrogen-bond donors (Lipinski definition) is 2. The molecule has 1 heterocycles. The zero-order valence-electron chi connectivity index (χ0n) is 11.5. The van der Waals surface area contributed by atoms with Crippen LogP contribution < -0.4 is 15.4 Å². The minimum Gasteiger partial charge on any atom is -0.495 e. The second-order valence-electron chi connectivity index (χ2n) is 4.89. The summed E-state index contributed by atoms with van der Waals surface area (Å²) < 4.78 is 6.16. The van der Waals surface area contributed by atoms with Gasteiger partial charge < -0.3 is 15.4 Å². The minimum atomic E-state index is -0.258. The van der Waals surface area contributed by atoms with Crippen LogP contribution in [0.1, 0.15) is 5.56 Å². The van der Waals surface area contributed by atoms with Crippen LogP contribution in [0.15, 0.2) is 46.9 Å². The van der Waals surface area contributed by atoms with E-state index in [1.165, 1.54) is 5.56 Å². The van der Waals surface area contributed by atoms with Crippen LogP contribution in [0, 0.1) is 0 Å². The molecular formula is C16H15BrN2O2. The highest BCUT2D eigenvalue weighted by atomic mass is 79.9. The summed E-state index contributed by atoms with van der Waals surface area (Å²) in [7, 11) is 1.59. The van der Waals surface area contributed by atoms with Crippen molar-refractivity contribution in [3.8, 4) is 5.75 Å². The standard InChI is InChI=1S/C16H15BrN2O2/c1-21-15-7-6-11(17)9-13(15)19-16(20)14-8-10-4-2-3-5-12(10)18-14/h2-7,9,14,18H,8H2,1H3,(H,19,20)/t14-/m0/s1. The number of fused-ring (bicyclic) bond motifs is 1. The number of benzene rings is 2. The molecule has 0 fully saturated rings. The normalized spacial score (nSPS) is 16.0. The Balaban J connectivity index is 1.75. The second-order valence-corrected chi connectivity index (χ2v) is 5.81. The molecule has 0 spiro atoms. The Bertz CT molecular complexity index is 663. The van der Waals surface area contributed by atoms with Crippen LogP contribution in [0.2, 0.25) is 0 Å². The highest BCUT2D eigenvalue weighted by molar-refractivity contribution is 9.10. The van der Waals surface area contributed by atoms with Crippen molar-refractivity contribution in [1.82, 2.24) is 0 Å². The molecule has 4 nitrogen and oxygen atoms in total. The lowest BCUT2D eigenvalue weighted by molar-refractivity contribution is -0.116. The van der Waals surface area contributed by atoms with E-state index in [1.807, 2.05) is 42.5 Å². The Hall–Kier alpha value is -2.01. The Kier molecular flexibility index (Phi) is 3.84. The van der Waals surface area contributed by atoms with Crippen LogP contribution >= 0.6 is 15.9 Å². The van der Waals surface area contributed by atoms with Crippen LogP contribution in [-0.2, 0) is 11.2 Å². The van der Waals surface area contributed by atoms with Gasteiger partial charge in [-0.3, -0.25) is 4.79 Å². The molecule has 2 N–H and O–H groups in total. The fraction of sp³-hybridized carbons (Fsp3) is 0.188. The summed E-state index contributed by atoms with van der Waals surface area (Å²) in [6.45, 7) is 0. The number of ether oxygens (including phenoxy) is 1. The maximum absolute atomic E-state index is 12.4. The van der Waals surface area contributed by atoms with Crippen molar-refractivity contribution in [1.29, 1.82) is 0 Å². The molecule has 1 amide bonds. The molecular weight excluding hydrogens is 332 g/mol. The van der Waals surface area contributed by atoms with Crippen molar-refractivity contribution in [2.45, 2.75) is 12.5 Å². The third-order valence-electron chi connectivity index (χ3n) is 3.51. The highest BCUT2D eigenvalue weighted by Gasteiger charge is 2.26. The van der Waals surface area contributed by atoms with Gasteiger partial charge in [-0.05, 0) is 29.8 Å². The Morgan fingerprint density at radius 2 is 2.14 bits per heavy atom. The maximum atomic E-state index is 12.4. The number of para-hydroxylation sites is 1. The van der Waals surface area contributed by atoms with E-state index in [0.717, 1.165) is 10.2 Å². The Labute approximate surface area is 131 Å². The van der Waals surface area contributed by atoms with Crippen molar-refractivity contribution in [3.05, 3.63) is 52.5 Å². The molecule has 0 bridgehead atoms. The van der Waals surface area contributed by atoms with Crippen LogP contribution in [0.5, 0.6) is 5.75 Å². The number of amides is 1. The molecule has 0 radical (unpaired) electrons. The van der Waals surface area contributed by atoms with Gasteiger partial charge in [0.05, 0.1) is 12.8 Å². The summed E-state index contributed by atoms with van der Waals surface area (Å²) in [5, 5.41) is 6.16. The number of rotatable bonds is 3. The van der Waals surface area contributed by atoms with Gasteiger partial charge in [-0.25, -0.2) is 0 Å². The lowest BCUT2D eigenvalue weighted by atomic mass is 10.1. The molecule has 0 saturated heterocycles. The molecule has 1 atom stereocenters. The van der Waals surface area contributed by atoms with Gasteiger partial charge in [0.1, 0.15) is 11.8 Å². The molecule has 1 aliphatic heterocycles. The number of nitrogens with one attached hydrogen (secondary N) is 2. The minimum absolute atomic E-state index is 0.0670. The lowest BCUT2D eigenvalue weighted by Crippen LogP contribution is -2.32. The molecule has 5 heteroatoms. The van der Waals surface area contributed by atoms with E-state index < -0.39 is 0 Å². The molecule has 0 aromatic heterocycles. The van der Waals surface area contributed by atoms with Crippen molar-refractivity contribution in [2.24, 2.45) is 0 Å². The fourth-order valence-corrected chi connectivity index (χ4v) is 2.81. The zero-order chi connectivity index (χ0) is 14.8. The number of methoxy groups -OCH3 is 1. The molecule has 108 valence electrons. The summed E-state index contributed by atoms with van der Waals surface area (Å²) in [4.78, 5) is 12.4. The van der Waals surface area contributed by atoms with Crippen molar-refractivity contribution in [2.75, 3.05) is 17.7 Å². The number of carbonyl (C=O) groups excluding carboxylic acids is 1. The molecule has 0 saturated carbocycles. The largest absolute Gasteiger partial charge is 0.495 e. The van der Waals surface area contributed by atoms with E-state index in [9.17, 15) is 4.79 Å². The summed E-state index contributed by atoms with van der Waals surface area (Å²) in [5.74, 6) is 0.574. The number of halogens is 1. The van der Waals surface area contributed by atoms with E-state index in [0.29, 0.717) is 17.9 Å². The average molecular weight is 347 g/mol. The molecule has 2 aromatic carbocycles. The predicted molar refractivity (Wildman–Crippen MR) is 86.9 cm³/mol. The van der Waals surface area contributed by atoms with E-state index in [1.54, 1.807) is 7.11 Å². The van der Waals surface area contributed by atoms with Gasteiger partial charge in [0.2, 0.25) is 5.91 Å². The maximum Gasteiger partial charge on any atom is 0.247 e. The third kappa shape index (κ3) is 2.88. The zero-order valence-corrected chi connectivity index (χ0v) is 13.1. The van der Waals surface area contributed by atoms with Gasteiger partial charge in [0.15, 0.2) is 0 Å². The van der Waals surface area contributed by atoms with Gasteiger partial charge in [0.25, 0.3) is 0 Å². The van der Waals surface area contributed by atoms with E-state index >= 15 is 0 Å². The number of carbonyl (C=O) groups is 1. The molecule has 0 aliphatic carbocycles. The second kappa shape index (κ2) is 5.77. The lowest BCUT2D eigenvalue weighted by Gasteiger charge is -2.14. The molecule has 2 aromatic rings. The number of hydrogen-bond acceptors (Lipinski definition) is 3. The van der Waals surface area contributed by atoms with Crippen molar-refractivity contribution in [3.63, 3.8) is 0 Å². The van der Waals surface area contributed by atoms with Crippen LogP contribution in [0.4, 0.5) is 11.4 Å². The van der Waals surface area contributed by atoms with E-state index in [2.05, 4.69) is 26.6 Å². The van der Waals surface area contributed by atoms with Gasteiger partial charge >= 0.3 is 0 Å². The topological polar surface area (TPSA) is 50.4 Å². The van der Waals surface area contributed by atoms with Crippen molar-refractivity contribution >= 4 is 33.2 Å². The predicted octanol–water partition coefficient (Wildman–Crippen LogP) is 3.43. The smallest absolute Gasteiger partial charge is 0.247 e. The average Bonchev–Trinajstić information content (AvgIpc) is 2.91. The molecule has 0 unspecified atom stereocenters. The summed E-state index contributed by atoms with van der Waals surface area (Å²) in [5.41, 5.74) is 2.85. The van der Waals surface area contributed by atoms with E-state index in [-0.39, 0.29) is 11.9 Å². The first kappa shape index (κ1) is 13.9. The summed E-state index contributed by atoms with van der Waals surface area (Å²) in [6, 6.07) is 13.2.